The number of hydrogen-bond acceptors (Lipinski definition) is 3. The van der Waals surface area contributed by atoms with E-state index in [0.29, 0.717) is 17.9 Å². The van der Waals surface area contributed by atoms with Crippen LogP contribution in [0.2, 0.25) is 0 Å². The van der Waals surface area contributed by atoms with E-state index in [1.807, 2.05) is 84.9 Å². The number of amides is 1. The Labute approximate surface area is 188 Å². The lowest BCUT2D eigenvalue weighted by atomic mass is 10.0. The summed E-state index contributed by atoms with van der Waals surface area (Å²) >= 11 is 2.18. The molecule has 0 atom stereocenters. The summed E-state index contributed by atoms with van der Waals surface area (Å²) in [5.74, 6) is 0.460. The number of fused-ring (bicyclic) bond motifs is 1. The number of ether oxygens (including phenoxy) is 1. The van der Waals surface area contributed by atoms with E-state index < -0.39 is 0 Å². The summed E-state index contributed by atoms with van der Waals surface area (Å²) in [6, 6.07) is 29.4. The number of rotatable bonds is 6. The molecule has 4 aromatic carbocycles. The molecule has 0 bridgehead atoms. The molecule has 0 heterocycles. The second-order valence-corrected chi connectivity index (χ2v) is 7.93. The van der Waals surface area contributed by atoms with Crippen LogP contribution < -0.4 is 10.2 Å². The first-order chi connectivity index (χ1) is 14.7. The summed E-state index contributed by atoms with van der Waals surface area (Å²) in [4.78, 5) is 12.4. The molecule has 4 rings (SSSR count). The maximum atomic E-state index is 12.4. The van der Waals surface area contributed by atoms with Crippen LogP contribution >= 0.6 is 22.6 Å². The average Bonchev–Trinajstić information content (AvgIpc) is 2.79. The molecular weight excluding hydrogens is 487 g/mol. The van der Waals surface area contributed by atoms with Crippen LogP contribution in [0, 0.1) is 3.57 Å². The third-order valence-electron chi connectivity index (χ3n) is 4.61. The van der Waals surface area contributed by atoms with Crippen LogP contribution in [0.15, 0.2) is 96.1 Å². The van der Waals surface area contributed by atoms with Crippen LogP contribution in [0.3, 0.4) is 0 Å². The number of nitrogens with zero attached hydrogens (tertiary/aromatic N) is 1. The number of hydrogen-bond donors (Lipinski definition) is 1. The van der Waals surface area contributed by atoms with Gasteiger partial charge in [0.2, 0.25) is 0 Å². The van der Waals surface area contributed by atoms with Crippen molar-refractivity contribution in [2.75, 3.05) is 0 Å². The number of carbonyl (C=O) groups excluding carboxylic acids is 1. The monoisotopic (exact) mass is 506 g/mol. The van der Waals surface area contributed by atoms with E-state index in [9.17, 15) is 4.79 Å². The summed E-state index contributed by atoms with van der Waals surface area (Å²) < 4.78 is 7.08. The van der Waals surface area contributed by atoms with E-state index >= 15 is 0 Å². The highest BCUT2D eigenvalue weighted by Gasteiger charge is 2.09. The molecule has 148 valence electrons. The minimum Gasteiger partial charge on any atom is -0.488 e. The second kappa shape index (κ2) is 9.54. The molecule has 1 N–H and O–H groups in total. The molecule has 0 aromatic heterocycles. The van der Waals surface area contributed by atoms with Crippen molar-refractivity contribution in [1.82, 2.24) is 5.43 Å². The predicted octanol–water partition coefficient (Wildman–Crippen LogP) is 5.79. The highest BCUT2D eigenvalue weighted by molar-refractivity contribution is 14.1. The number of hydrazone groups is 1. The Morgan fingerprint density at radius 1 is 0.933 bits per heavy atom. The fraction of sp³-hybridized carbons (Fsp3) is 0.0400. The normalized spacial score (nSPS) is 11.0. The first-order valence-corrected chi connectivity index (χ1v) is 10.6. The molecule has 0 saturated carbocycles. The molecule has 30 heavy (non-hydrogen) atoms. The van der Waals surface area contributed by atoms with Gasteiger partial charge in [0.1, 0.15) is 12.4 Å². The maximum absolute atomic E-state index is 12.4. The van der Waals surface area contributed by atoms with Crippen molar-refractivity contribution in [3.05, 3.63) is 111 Å². The van der Waals surface area contributed by atoms with Gasteiger partial charge < -0.3 is 4.74 Å². The number of benzene rings is 4. The van der Waals surface area contributed by atoms with Crippen molar-refractivity contribution in [1.29, 1.82) is 0 Å². The molecule has 0 aliphatic carbocycles. The van der Waals surface area contributed by atoms with Gasteiger partial charge in [0.05, 0.1) is 6.21 Å². The predicted molar refractivity (Wildman–Crippen MR) is 129 cm³/mol. The summed E-state index contributed by atoms with van der Waals surface area (Å²) in [5.41, 5.74) is 5.09. The lowest BCUT2D eigenvalue weighted by Crippen LogP contribution is -2.17. The van der Waals surface area contributed by atoms with Gasteiger partial charge in [-0.1, -0.05) is 66.7 Å². The minimum absolute atomic E-state index is 0.253. The van der Waals surface area contributed by atoms with Crippen LogP contribution in [0.1, 0.15) is 21.5 Å². The van der Waals surface area contributed by atoms with Crippen LogP contribution in [0.5, 0.6) is 5.75 Å². The zero-order valence-corrected chi connectivity index (χ0v) is 18.2. The Bertz CT molecular complexity index is 1210. The lowest BCUT2D eigenvalue weighted by Gasteiger charge is -2.12. The molecule has 5 heteroatoms. The molecule has 0 aliphatic rings. The van der Waals surface area contributed by atoms with Crippen LogP contribution in [0.4, 0.5) is 0 Å². The number of carbonyl (C=O) groups is 1. The quantitative estimate of drug-likeness (QED) is 0.205. The van der Waals surface area contributed by atoms with E-state index in [1.165, 1.54) is 0 Å². The molecule has 0 fully saturated rings. The average molecular weight is 506 g/mol. The Kier molecular flexibility index (Phi) is 6.39. The summed E-state index contributed by atoms with van der Waals surface area (Å²) in [5, 5.41) is 6.29. The van der Waals surface area contributed by atoms with Gasteiger partial charge in [-0.2, -0.15) is 5.10 Å². The van der Waals surface area contributed by atoms with Crippen molar-refractivity contribution >= 4 is 45.5 Å². The van der Waals surface area contributed by atoms with Crippen molar-refractivity contribution < 1.29 is 9.53 Å². The third-order valence-corrected chi connectivity index (χ3v) is 5.29. The van der Waals surface area contributed by atoms with Crippen LogP contribution in [0.25, 0.3) is 10.8 Å². The zero-order valence-electron chi connectivity index (χ0n) is 16.1. The van der Waals surface area contributed by atoms with Crippen molar-refractivity contribution in [3.63, 3.8) is 0 Å². The van der Waals surface area contributed by atoms with Gasteiger partial charge in [0.25, 0.3) is 5.91 Å². The van der Waals surface area contributed by atoms with E-state index in [1.54, 1.807) is 12.3 Å². The third kappa shape index (κ3) is 4.86. The van der Waals surface area contributed by atoms with E-state index in [0.717, 1.165) is 25.5 Å². The topological polar surface area (TPSA) is 50.7 Å². The first-order valence-electron chi connectivity index (χ1n) is 9.48. The molecule has 0 aliphatic heterocycles. The second-order valence-electron chi connectivity index (χ2n) is 6.68. The fourth-order valence-electron chi connectivity index (χ4n) is 3.12. The minimum atomic E-state index is -0.253. The Morgan fingerprint density at radius 3 is 2.57 bits per heavy atom. The number of halogens is 1. The Morgan fingerprint density at radius 2 is 1.73 bits per heavy atom. The van der Waals surface area contributed by atoms with Gasteiger partial charge in [-0.05, 0) is 63.2 Å². The van der Waals surface area contributed by atoms with E-state index in [4.69, 9.17) is 4.74 Å². The fourth-order valence-corrected chi connectivity index (χ4v) is 3.66. The first kappa shape index (κ1) is 20.1. The SMILES string of the molecule is O=C(N/N=C\c1c(OCc2ccccc2)ccc2ccccc12)c1cccc(I)c1. The molecule has 0 spiro atoms. The van der Waals surface area contributed by atoms with E-state index in [2.05, 4.69) is 33.1 Å². The van der Waals surface area contributed by atoms with Gasteiger partial charge in [-0.25, -0.2) is 5.43 Å². The Hall–Kier alpha value is -3.19. The standard InChI is InChI=1S/C25H19IN2O2/c26-21-11-6-10-20(15-21)25(29)28-27-16-23-22-12-5-4-9-19(22)13-14-24(23)30-17-18-7-2-1-3-8-18/h1-16H,17H2,(H,28,29)/b27-16-. The molecular formula is C25H19IN2O2. The van der Waals surface area contributed by atoms with Crippen molar-refractivity contribution in [3.8, 4) is 5.75 Å². The smallest absolute Gasteiger partial charge is 0.271 e. The molecule has 4 aromatic rings. The highest BCUT2D eigenvalue weighted by Crippen LogP contribution is 2.27. The molecule has 0 saturated heterocycles. The Balaban J connectivity index is 1.59. The lowest BCUT2D eigenvalue weighted by molar-refractivity contribution is 0.0955. The summed E-state index contributed by atoms with van der Waals surface area (Å²) in [6.45, 7) is 0.453. The number of nitrogens with one attached hydrogen (secondary N) is 1. The van der Waals surface area contributed by atoms with Gasteiger partial charge in [0, 0.05) is 14.7 Å². The molecule has 4 nitrogen and oxygen atoms in total. The largest absolute Gasteiger partial charge is 0.488 e. The zero-order chi connectivity index (χ0) is 20.8. The molecule has 0 unspecified atom stereocenters. The van der Waals surface area contributed by atoms with Crippen LogP contribution in [-0.2, 0) is 6.61 Å². The van der Waals surface area contributed by atoms with Gasteiger partial charge in [0.15, 0.2) is 0 Å². The van der Waals surface area contributed by atoms with Gasteiger partial charge in [-0.3, -0.25) is 4.79 Å². The van der Waals surface area contributed by atoms with Gasteiger partial charge >= 0.3 is 0 Å². The molecule has 0 radical (unpaired) electrons. The highest BCUT2D eigenvalue weighted by atomic mass is 127. The summed E-state index contributed by atoms with van der Waals surface area (Å²) in [6.07, 6.45) is 1.65. The van der Waals surface area contributed by atoms with Crippen molar-refractivity contribution in [2.24, 2.45) is 5.10 Å². The van der Waals surface area contributed by atoms with Gasteiger partial charge in [-0.15, -0.1) is 0 Å². The maximum Gasteiger partial charge on any atom is 0.271 e. The van der Waals surface area contributed by atoms with Crippen LogP contribution in [-0.4, -0.2) is 12.1 Å². The molecule has 1 amide bonds. The summed E-state index contributed by atoms with van der Waals surface area (Å²) in [7, 11) is 0. The van der Waals surface area contributed by atoms with E-state index in [-0.39, 0.29) is 5.91 Å². The van der Waals surface area contributed by atoms with Crippen molar-refractivity contribution in [2.45, 2.75) is 6.61 Å².